The molecule has 4 heterocycles. The van der Waals surface area contributed by atoms with Crippen LogP contribution in [0.2, 0.25) is 0 Å². The molecule has 4 aromatic rings. The van der Waals surface area contributed by atoms with Gasteiger partial charge in [0.15, 0.2) is 5.69 Å². The zero-order valence-electron chi connectivity index (χ0n) is 19.5. The van der Waals surface area contributed by atoms with Crippen LogP contribution < -0.4 is 0 Å². The standard InChI is InChI=1S/C25H26FN7O2/c1-30-21-9-5-3-7-18(21)24(28-30)25(34)32-12-10-31(11-13-32)14-20-22-16-35-23(15-33(22)29-27-20)17-6-2-4-8-19(17)26/h2-9,23H,10-16H2,1H3. The van der Waals surface area contributed by atoms with E-state index in [4.69, 9.17) is 4.74 Å². The number of nitrogens with zero attached hydrogens (tertiary/aromatic N) is 7. The number of para-hydroxylation sites is 1. The zero-order valence-corrected chi connectivity index (χ0v) is 19.5. The van der Waals surface area contributed by atoms with Crippen LogP contribution in [0.15, 0.2) is 48.5 Å². The lowest BCUT2D eigenvalue weighted by Gasteiger charge is -2.34. The van der Waals surface area contributed by atoms with Gasteiger partial charge in [0.25, 0.3) is 5.91 Å². The fourth-order valence-corrected chi connectivity index (χ4v) is 4.95. The second-order valence-electron chi connectivity index (χ2n) is 9.04. The number of aromatic nitrogens is 5. The van der Waals surface area contributed by atoms with Crippen molar-refractivity contribution in [3.8, 4) is 0 Å². The molecule has 10 heteroatoms. The topological polar surface area (TPSA) is 81.3 Å². The molecule has 35 heavy (non-hydrogen) atoms. The summed E-state index contributed by atoms with van der Waals surface area (Å²) in [6.45, 7) is 4.13. The van der Waals surface area contributed by atoms with Crippen molar-refractivity contribution < 1.29 is 13.9 Å². The quantitative estimate of drug-likeness (QED) is 0.451. The molecule has 1 atom stereocenters. The van der Waals surface area contributed by atoms with Crippen molar-refractivity contribution in [1.82, 2.24) is 34.6 Å². The molecule has 9 nitrogen and oxygen atoms in total. The highest BCUT2D eigenvalue weighted by Crippen LogP contribution is 2.29. The molecular formula is C25H26FN7O2. The maximum atomic E-state index is 14.2. The number of hydrogen-bond donors (Lipinski definition) is 0. The summed E-state index contributed by atoms with van der Waals surface area (Å²) in [5.41, 5.74) is 3.79. The summed E-state index contributed by atoms with van der Waals surface area (Å²) >= 11 is 0. The Kier molecular flexibility index (Phi) is 5.54. The van der Waals surface area contributed by atoms with E-state index in [0.717, 1.165) is 35.4 Å². The largest absolute Gasteiger partial charge is 0.365 e. The van der Waals surface area contributed by atoms with Gasteiger partial charge in [0, 0.05) is 50.7 Å². The molecule has 0 N–H and O–H groups in total. The number of benzene rings is 2. The second-order valence-corrected chi connectivity index (χ2v) is 9.04. The Morgan fingerprint density at radius 1 is 1.09 bits per heavy atom. The van der Waals surface area contributed by atoms with Gasteiger partial charge in [0.2, 0.25) is 0 Å². The Bertz CT molecular complexity index is 1390. The number of aryl methyl sites for hydroxylation is 1. The van der Waals surface area contributed by atoms with Gasteiger partial charge in [-0.05, 0) is 12.1 Å². The van der Waals surface area contributed by atoms with Crippen molar-refractivity contribution >= 4 is 16.8 Å². The number of carbonyl (C=O) groups is 1. The van der Waals surface area contributed by atoms with Crippen molar-refractivity contribution in [3.63, 3.8) is 0 Å². The molecule has 0 aliphatic carbocycles. The third-order valence-electron chi connectivity index (χ3n) is 6.92. The zero-order chi connectivity index (χ0) is 23.9. The summed E-state index contributed by atoms with van der Waals surface area (Å²) in [4.78, 5) is 17.3. The fourth-order valence-electron chi connectivity index (χ4n) is 4.95. The van der Waals surface area contributed by atoms with Crippen LogP contribution in [0.25, 0.3) is 10.9 Å². The lowest BCUT2D eigenvalue weighted by molar-refractivity contribution is -0.00418. The van der Waals surface area contributed by atoms with Crippen LogP contribution in [-0.2, 0) is 31.5 Å². The first-order chi connectivity index (χ1) is 17.1. The first-order valence-electron chi connectivity index (χ1n) is 11.8. The highest BCUT2D eigenvalue weighted by atomic mass is 19.1. The van der Waals surface area contributed by atoms with Crippen molar-refractivity contribution in [1.29, 1.82) is 0 Å². The highest BCUT2D eigenvalue weighted by molar-refractivity contribution is 6.04. The molecule has 0 bridgehead atoms. The van der Waals surface area contributed by atoms with E-state index in [1.54, 1.807) is 16.8 Å². The molecule has 0 saturated carbocycles. The molecular weight excluding hydrogens is 449 g/mol. The van der Waals surface area contributed by atoms with Gasteiger partial charge in [-0.3, -0.25) is 14.4 Å². The van der Waals surface area contributed by atoms with E-state index in [2.05, 4.69) is 20.3 Å². The van der Waals surface area contributed by atoms with Gasteiger partial charge in [-0.25, -0.2) is 9.07 Å². The molecule has 0 radical (unpaired) electrons. The highest BCUT2D eigenvalue weighted by Gasteiger charge is 2.29. The van der Waals surface area contributed by atoms with Gasteiger partial charge in [0.05, 0.1) is 24.4 Å². The fraction of sp³-hybridized carbons (Fsp3) is 0.360. The SMILES string of the molecule is Cn1nc(C(=O)N2CCN(Cc3nnn4c3COC(c3ccccc3F)C4)CC2)c2ccccc21. The summed E-state index contributed by atoms with van der Waals surface area (Å²) < 4.78 is 23.7. The van der Waals surface area contributed by atoms with Gasteiger partial charge in [0.1, 0.15) is 17.6 Å². The van der Waals surface area contributed by atoms with Crippen LogP contribution >= 0.6 is 0 Å². The maximum Gasteiger partial charge on any atom is 0.275 e. The summed E-state index contributed by atoms with van der Waals surface area (Å²) in [5, 5.41) is 14.1. The summed E-state index contributed by atoms with van der Waals surface area (Å²) in [5.74, 6) is -0.303. The van der Waals surface area contributed by atoms with E-state index in [1.807, 2.05) is 47.0 Å². The van der Waals surface area contributed by atoms with Crippen LogP contribution in [0.3, 0.4) is 0 Å². The summed E-state index contributed by atoms with van der Waals surface area (Å²) in [7, 11) is 1.86. The molecule has 180 valence electrons. The minimum atomic E-state index is -0.379. The van der Waals surface area contributed by atoms with Gasteiger partial charge in [-0.2, -0.15) is 5.10 Å². The smallest absolute Gasteiger partial charge is 0.275 e. The Morgan fingerprint density at radius 3 is 2.69 bits per heavy atom. The monoisotopic (exact) mass is 475 g/mol. The van der Waals surface area contributed by atoms with E-state index in [9.17, 15) is 9.18 Å². The minimum Gasteiger partial charge on any atom is -0.365 e. The molecule has 2 aromatic carbocycles. The van der Waals surface area contributed by atoms with Crippen LogP contribution in [0.5, 0.6) is 0 Å². The molecule has 6 rings (SSSR count). The van der Waals surface area contributed by atoms with E-state index < -0.39 is 0 Å². The van der Waals surface area contributed by atoms with Crippen LogP contribution in [-0.4, -0.2) is 66.7 Å². The predicted molar refractivity (Wildman–Crippen MR) is 126 cm³/mol. The molecule has 2 aromatic heterocycles. The maximum absolute atomic E-state index is 14.2. The first kappa shape index (κ1) is 21.9. The minimum absolute atomic E-state index is 0.0323. The lowest BCUT2D eigenvalue weighted by atomic mass is 10.1. The number of ether oxygens (including phenoxy) is 1. The average molecular weight is 476 g/mol. The Morgan fingerprint density at radius 2 is 1.86 bits per heavy atom. The van der Waals surface area contributed by atoms with Crippen LogP contribution in [0, 0.1) is 5.82 Å². The van der Waals surface area contributed by atoms with E-state index in [0.29, 0.717) is 44.0 Å². The summed E-state index contributed by atoms with van der Waals surface area (Å²) in [6, 6.07) is 14.5. The average Bonchev–Trinajstić information content (AvgIpc) is 3.45. The number of carbonyl (C=O) groups excluding carboxylic acids is 1. The van der Waals surface area contributed by atoms with Crippen LogP contribution in [0.4, 0.5) is 4.39 Å². The number of halogens is 1. The number of piperazine rings is 1. The van der Waals surface area contributed by atoms with Gasteiger partial charge in [-0.15, -0.1) is 5.10 Å². The van der Waals surface area contributed by atoms with Gasteiger partial charge in [-0.1, -0.05) is 41.6 Å². The Hall–Kier alpha value is -3.63. The number of fused-ring (bicyclic) bond motifs is 2. The van der Waals surface area contributed by atoms with Crippen LogP contribution in [0.1, 0.15) is 33.5 Å². The third kappa shape index (κ3) is 3.98. The molecule has 0 spiro atoms. The van der Waals surface area contributed by atoms with E-state index in [1.165, 1.54) is 6.07 Å². The van der Waals surface area contributed by atoms with Crippen molar-refractivity contribution in [2.45, 2.75) is 25.8 Å². The van der Waals surface area contributed by atoms with Crippen molar-refractivity contribution in [2.75, 3.05) is 26.2 Å². The number of amides is 1. The third-order valence-corrected chi connectivity index (χ3v) is 6.92. The first-order valence-corrected chi connectivity index (χ1v) is 11.8. The molecule has 2 aliphatic rings. The molecule has 1 fully saturated rings. The Labute approximate surface area is 201 Å². The molecule has 1 unspecified atom stereocenters. The van der Waals surface area contributed by atoms with E-state index >= 15 is 0 Å². The normalized spacial score (nSPS) is 18.7. The van der Waals surface area contributed by atoms with Gasteiger partial charge < -0.3 is 9.64 Å². The number of rotatable bonds is 4. The summed E-state index contributed by atoms with van der Waals surface area (Å²) in [6.07, 6.45) is -0.379. The second kappa shape index (κ2) is 8.86. The molecule has 2 aliphatic heterocycles. The molecule has 1 amide bonds. The number of hydrogen-bond acceptors (Lipinski definition) is 6. The molecule has 1 saturated heterocycles. The lowest BCUT2D eigenvalue weighted by Crippen LogP contribution is -2.48. The van der Waals surface area contributed by atoms with Gasteiger partial charge >= 0.3 is 0 Å². The van der Waals surface area contributed by atoms with Crippen molar-refractivity contribution in [2.24, 2.45) is 7.05 Å². The van der Waals surface area contributed by atoms with E-state index in [-0.39, 0.29) is 17.8 Å². The van der Waals surface area contributed by atoms with Crippen molar-refractivity contribution in [3.05, 3.63) is 77.0 Å². The Balaban J connectivity index is 1.09. The predicted octanol–water partition coefficient (Wildman–Crippen LogP) is 2.53.